The van der Waals surface area contributed by atoms with Gasteiger partial charge in [-0.25, -0.2) is 8.42 Å². The van der Waals surface area contributed by atoms with Gasteiger partial charge in [0.1, 0.15) is 4.90 Å². The summed E-state index contributed by atoms with van der Waals surface area (Å²) in [7, 11) is -3.60. The molecule has 1 fully saturated rings. The van der Waals surface area contributed by atoms with Crippen LogP contribution in [-0.2, 0) is 21.3 Å². The normalized spacial score (nSPS) is 20.6. The Hall–Kier alpha value is -0.660. The van der Waals surface area contributed by atoms with Gasteiger partial charge in [-0.2, -0.15) is 4.31 Å². The van der Waals surface area contributed by atoms with Crippen molar-refractivity contribution in [2.24, 2.45) is 0 Å². The first-order chi connectivity index (χ1) is 9.96. The fourth-order valence-corrected chi connectivity index (χ4v) is 4.45. The van der Waals surface area contributed by atoms with Crippen molar-refractivity contribution < 1.29 is 13.2 Å². The monoisotopic (exact) mass is 332 g/mol. The van der Waals surface area contributed by atoms with E-state index in [1.54, 1.807) is 12.1 Å². The second kappa shape index (κ2) is 7.07. The third-order valence-electron chi connectivity index (χ3n) is 3.47. The molecule has 0 radical (unpaired) electrons. The van der Waals surface area contributed by atoms with Crippen LogP contribution >= 0.6 is 11.6 Å². The highest BCUT2D eigenvalue weighted by Gasteiger charge is 2.33. The Bertz CT molecular complexity index is 592. The molecule has 0 amide bonds. The topological polar surface area (TPSA) is 58.6 Å². The Morgan fingerprint density at radius 1 is 1.48 bits per heavy atom. The summed E-state index contributed by atoms with van der Waals surface area (Å²) < 4.78 is 32.4. The molecule has 5 nitrogen and oxygen atoms in total. The van der Waals surface area contributed by atoms with E-state index in [2.05, 4.69) is 5.32 Å². The van der Waals surface area contributed by atoms with Crippen molar-refractivity contribution in [3.63, 3.8) is 0 Å². The van der Waals surface area contributed by atoms with Gasteiger partial charge in [-0.3, -0.25) is 0 Å². The number of halogens is 1. The lowest BCUT2D eigenvalue weighted by Crippen LogP contribution is -2.47. The lowest BCUT2D eigenvalue weighted by Gasteiger charge is -2.32. The Morgan fingerprint density at radius 3 is 2.90 bits per heavy atom. The highest BCUT2D eigenvalue weighted by Crippen LogP contribution is 2.28. The van der Waals surface area contributed by atoms with Crippen LogP contribution in [0.2, 0.25) is 5.02 Å². The first kappa shape index (κ1) is 16.7. The highest BCUT2D eigenvalue weighted by molar-refractivity contribution is 7.89. The molecule has 0 spiro atoms. The Balaban J connectivity index is 2.34. The summed E-state index contributed by atoms with van der Waals surface area (Å²) in [4.78, 5) is 0.174. The molecule has 2 rings (SSSR count). The SMILES string of the molecule is CCNCc1ccc(Cl)c(S(=O)(=O)N2CCOCC2C)c1. The third kappa shape index (κ3) is 3.76. The summed E-state index contributed by atoms with van der Waals surface area (Å²) in [5, 5.41) is 3.44. The van der Waals surface area contributed by atoms with Crippen molar-refractivity contribution in [1.29, 1.82) is 0 Å². The molecule has 1 unspecified atom stereocenters. The lowest BCUT2D eigenvalue weighted by molar-refractivity contribution is 0.0393. The first-order valence-corrected chi connectivity index (χ1v) is 8.87. The van der Waals surface area contributed by atoms with Gasteiger partial charge in [0, 0.05) is 19.1 Å². The summed E-state index contributed by atoms with van der Waals surface area (Å²) in [6.45, 7) is 6.47. The molecule has 0 aliphatic carbocycles. The molecule has 1 atom stereocenters. The smallest absolute Gasteiger partial charge is 0.244 e. The summed E-state index contributed by atoms with van der Waals surface area (Å²) in [5.74, 6) is 0. The van der Waals surface area contributed by atoms with Crippen molar-refractivity contribution in [2.45, 2.75) is 31.3 Å². The van der Waals surface area contributed by atoms with Crippen LogP contribution in [0.15, 0.2) is 23.1 Å². The molecule has 1 aliphatic heterocycles. The van der Waals surface area contributed by atoms with Crippen LogP contribution in [-0.4, -0.2) is 45.1 Å². The van der Waals surface area contributed by atoms with E-state index >= 15 is 0 Å². The Kier molecular flexibility index (Phi) is 5.62. The van der Waals surface area contributed by atoms with Crippen LogP contribution < -0.4 is 5.32 Å². The number of nitrogens with one attached hydrogen (secondary N) is 1. The first-order valence-electron chi connectivity index (χ1n) is 7.05. The molecule has 21 heavy (non-hydrogen) atoms. The van der Waals surface area contributed by atoms with Crippen LogP contribution in [0.3, 0.4) is 0 Å². The van der Waals surface area contributed by atoms with Gasteiger partial charge in [-0.1, -0.05) is 24.6 Å². The van der Waals surface area contributed by atoms with Gasteiger partial charge in [0.25, 0.3) is 0 Å². The average Bonchev–Trinajstić information content (AvgIpc) is 2.46. The lowest BCUT2D eigenvalue weighted by atomic mass is 10.2. The zero-order valence-corrected chi connectivity index (χ0v) is 13.9. The summed E-state index contributed by atoms with van der Waals surface area (Å²) in [6, 6.07) is 4.96. The summed E-state index contributed by atoms with van der Waals surface area (Å²) in [6.07, 6.45) is 0. The molecule has 1 heterocycles. The number of morpholine rings is 1. The predicted octanol–water partition coefficient (Wildman–Crippen LogP) is 1.86. The van der Waals surface area contributed by atoms with Crippen molar-refractivity contribution in [3.05, 3.63) is 28.8 Å². The standard InChI is InChI=1S/C14H21ClN2O3S/c1-3-16-9-12-4-5-13(15)14(8-12)21(18,19)17-6-7-20-10-11(17)2/h4-5,8,11,16H,3,6-7,9-10H2,1-2H3. The second-order valence-electron chi connectivity index (χ2n) is 5.08. The minimum absolute atomic E-state index is 0.174. The molecular formula is C14H21ClN2O3S. The minimum Gasteiger partial charge on any atom is -0.378 e. The van der Waals surface area contributed by atoms with Gasteiger partial charge >= 0.3 is 0 Å². The zero-order chi connectivity index (χ0) is 15.5. The molecule has 0 saturated carbocycles. The number of rotatable bonds is 5. The van der Waals surface area contributed by atoms with E-state index in [1.807, 2.05) is 19.9 Å². The highest BCUT2D eigenvalue weighted by atomic mass is 35.5. The van der Waals surface area contributed by atoms with Crippen LogP contribution in [0.5, 0.6) is 0 Å². The van der Waals surface area contributed by atoms with Crippen molar-refractivity contribution >= 4 is 21.6 Å². The fraction of sp³-hybridized carbons (Fsp3) is 0.571. The number of ether oxygens (including phenoxy) is 1. The van der Waals surface area contributed by atoms with E-state index in [0.29, 0.717) is 26.3 Å². The van der Waals surface area contributed by atoms with Gasteiger partial charge in [0.2, 0.25) is 10.0 Å². The Morgan fingerprint density at radius 2 is 2.24 bits per heavy atom. The van der Waals surface area contributed by atoms with E-state index in [0.717, 1.165) is 12.1 Å². The molecule has 7 heteroatoms. The van der Waals surface area contributed by atoms with Crippen LogP contribution in [0, 0.1) is 0 Å². The molecule has 1 aromatic carbocycles. The molecule has 0 bridgehead atoms. The van der Waals surface area contributed by atoms with Crippen LogP contribution in [0.1, 0.15) is 19.4 Å². The third-order valence-corrected chi connectivity index (χ3v) is 5.96. The number of benzene rings is 1. The van der Waals surface area contributed by atoms with Crippen molar-refractivity contribution in [3.8, 4) is 0 Å². The van der Waals surface area contributed by atoms with Gasteiger partial charge in [0.05, 0.1) is 18.2 Å². The average molecular weight is 333 g/mol. The maximum absolute atomic E-state index is 12.8. The number of nitrogens with zero attached hydrogens (tertiary/aromatic N) is 1. The number of sulfonamides is 1. The molecule has 1 saturated heterocycles. The minimum atomic E-state index is -3.60. The molecule has 1 N–H and O–H groups in total. The van der Waals surface area contributed by atoms with E-state index in [9.17, 15) is 8.42 Å². The molecular weight excluding hydrogens is 312 g/mol. The molecule has 0 aromatic heterocycles. The second-order valence-corrected chi connectivity index (χ2v) is 7.35. The number of hydrogen-bond acceptors (Lipinski definition) is 4. The Labute approximate surface area is 131 Å². The summed E-state index contributed by atoms with van der Waals surface area (Å²) in [5.41, 5.74) is 0.903. The largest absolute Gasteiger partial charge is 0.378 e. The number of hydrogen-bond donors (Lipinski definition) is 1. The molecule has 118 valence electrons. The van der Waals surface area contributed by atoms with E-state index in [-0.39, 0.29) is 16.0 Å². The van der Waals surface area contributed by atoms with Crippen molar-refractivity contribution in [2.75, 3.05) is 26.3 Å². The van der Waals surface area contributed by atoms with Gasteiger partial charge < -0.3 is 10.1 Å². The maximum Gasteiger partial charge on any atom is 0.244 e. The van der Waals surface area contributed by atoms with Gasteiger partial charge in [-0.15, -0.1) is 0 Å². The molecule has 1 aliphatic rings. The maximum atomic E-state index is 12.8. The van der Waals surface area contributed by atoms with E-state index in [1.165, 1.54) is 4.31 Å². The van der Waals surface area contributed by atoms with Crippen LogP contribution in [0.4, 0.5) is 0 Å². The zero-order valence-electron chi connectivity index (χ0n) is 12.3. The predicted molar refractivity (Wildman–Crippen MR) is 83.0 cm³/mol. The quantitative estimate of drug-likeness (QED) is 0.894. The van der Waals surface area contributed by atoms with E-state index < -0.39 is 10.0 Å². The van der Waals surface area contributed by atoms with Crippen molar-refractivity contribution in [1.82, 2.24) is 9.62 Å². The van der Waals surface area contributed by atoms with E-state index in [4.69, 9.17) is 16.3 Å². The van der Waals surface area contributed by atoms with Gasteiger partial charge in [-0.05, 0) is 31.2 Å². The van der Waals surface area contributed by atoms with Crippen LogP contribution in [0.25, 0.3) is 0 Å². The van der Waals surface area contributed by atoms with Gasteiger partial charge in [0.15, 0.2) is 0 Å². The molecule has 1 aromatic rings. The summed E-state index contributed by atoms with van der Waals surface area (Å²) >= 11 is 6.12. The fourth-order valence-electron chi connectivity index (χ4n) is 2.32.